The van der Waals surface area contributed by atoms with Gasteiger partial charge in [-0.05, 0) is 112 Å². The van der Waals surface area contributed by atoms with E-state index in [9.17, 15) is 53.7 Å². The number of aliphatic hydroxyl groups excluding tert-OH is 1. The number of aromatic nitrogens is 4. The number of hydrogen-bond donors (Lipinski definition) is 18. The van der Waals surface area contributed by atoms with Crippen LogP contribution in [0.1, 0.15) is 160 Å². The number of piperidine rings is 1. The van der Waals surface area contributed by atoms with Crippen LogP contribution in [-0.2, 0) is 119 Å². The molecule has 135 heavy (non-hydrogen) atoms. The van der Waals surface area contributed by atoms with Gasteiger partial charge >= 0.3 is 5.97 Å². The largest absolute Gasteiger partial charge is 0.508 e. The topological polar surface area (TPSA) is 632 Å². The summed E-state index contributed by atoms with van der Waals surface area (Å²) in [5.74, 6) is -17.6. The Bertz CT molecular complexity index is 5290. The number of fused-ring (bicyclic) bond motifs is 5. The van der Waals surface area contributed by atoms with E-state index in [1.54, 1.807) is 68.6 Å². The van der Waals surface area contributed by atoms with Crippen molar-refractivity contribution in [3.05, 3.63) is 120 Å². The molecule has 0 radical (unpaired) electrons. The fourth-order valence-corrected chi connectivity index (χ4v) is 17.8. The van der Waals surface area contributed by atoms with Gasteiger partial charge in [-0.15, -0.1) is 0 Å². The first-order valence-electron chi connectivity index (χ1n) is 45.8. The highest BCUT2D eigenvalue weighted by atomic mass is 16.4. The number of phenols is 1. The molecule has 730 valence electrons. The van der Waals surface area contributed by atoms with Gasteiger partial charge in [0.1, 0.15) is 96.9 Å². The molecule has 0 bridgehead atoms. The second-order valence-corrected chi connectivity index (χ2v) is 35.6. The van der Waals surface area contributed by atoms with E-state index in [-0.39, 0.29) is 88.2 Å². The molecular formula is C92H126N22O21. The van der Waals surface area contributed by atoms with Gasteiger partial charge in [0.2, 0.25) is 100 Å². The van der Waals surface area contributed by atoms with E-state index < -0.39 is 255 Å². The van der Waals surface area contributed by atoms with Gasteiger partial charge in [0.25, 0.3) is 0 Å². The first-order valence-corrected chi connectivity index (χ1v) is 45.8. The van der Waals surface area contributed by atoms with Gasteiger partial charge in [0, 0.05) is 119 Å². The number of benzene rings is 3. The molecule has 7 heterocycles. The zero-order chi connectivity index (χ0) is 98.2. The standard InChI is InChI=1S/C92H126N22O21/c1-8-10-22-70-84(127)103-62(35-50(3)4)82(125)108-68(79(95)122)44-96-45-77(119)101-65(36-52-27-29-56(115)30-28-52)90(133)112-33-17-16-25-71(112)86(129)107-67(41-76(94)118)91(134)113-34-18-26-72(113)85(128)105-64(39-55-43-97-49-99-55)83(126)102-61(31-32-75(93)117)89(132)114-47-57(116)40-74(114)87(130)104-63(37-53-42-98-60-21-14-12-19-58(53)60)81(124)100-51(5)80(123)106-66(88(131)110(7)73(23-11-9-2)92(135)109(70)6)38-54-46-111(48-78(120)121)69-24-15-13-20-59(54)69/h12-15,19-21,24,27-30,42-43,46,49-51,57,61-68,70-74,96,98,115-116H,8-11,16-18,22-23,25-26,31-41,44-45,47-48H2,1-7H3,(H2,93,117)(H2,94,118)(H2,95,122)(H,97,99)(H,100,124)(H,101,119)(H,102,126)(H,103,127)(H,104,130)(H,105,128)(H,106,123)(H,107,129)(H,108,125)(H,120,121)/t51-,57+,61-,62-,63-,64-,65-,66-,67-,68-,70-,71-,72?,73-,74-/m0/s1. The predicted octanol–water partition coefficient (Wildman–Crippen LogP) is -2.07. The molecule has 1 unspecified atom stereocenters. The van der Waals surface area contributed by atoms with Crippen LogP contribution in [0.15, 0.2) is 97.7 Å². The molecule has 4 aliphatic rings. The number of carboxylic acids is 1. The minimum atomic E-state index is -1.77. The van der Waals surface area contributed by atoms with Crippen molar-refractivity contribution in [2.75, 3.05) is 46.8 Å². The second-order valence-electron chi connectivity index (χ2n) is 35.6. The first kappa shape index (κ1) is 103. The van der Waals surface area contributed by atoms with Gasteiger partial charge in [-0.2, -0.15) is 0 Å². The second kappa shape index (κ2) is 48.2. The van der Waals surface area contributed by atoms with Crippen LogP contribution in [0.2, 0.25) is 0 Å². The number of aromatic amines is 2. The van der Waals surface area contributed by atoms with Crippen molar-refractivity contribution in [1.29, 1.82) is 0 Å². The summed E-state index contributed by atoms with van der Waals surface area (Å²) >= 11 is 0. The number of nitrogens with two attached hydrogens (primary N) is 3. The van der Waals surface area contributed by atoms with Crippen LogP contribution in [0, 0.1) is 5.92 Å². The lowest BCUT2D eigenvalue weighted by Gasteiger charge is -2.38. The summed E-state index contributed by atoms with van der Waals surface area (Å²) in [6.07, 6.45) is 3.29. The van der Waals surface area contributed by atoms with Crippen LogP contribution in [0.25, 0.3) is 21.8 Å². The summed E-state index contributed by atoms with van der Waals surface area (Å²) in [6, 6.07) is -2.19. The number of aromatic hydroxyl groups is 1. The third kappa shape index (κ3) is 27.7. The fraction of sp³-hybridized carbons (Fsp3) is 0.533. The summed E-state index contributed by atoms with van der Waals surface area (Å²) in [6.45, 7) is 6.12. The number of H-pyrrole nitrogens is 2. The Kier molecular flexibility index (Phi) is 36.8. The monoisotopic (exact) mass is 1870 g/mol. The molecule has 43 nitrogen and oxygen atoms in total. The molecular weight excluding hydrogens is 1750 g/mol. The van der Waals surface area contributed by atoms with Crippen LogP contribution in [-0.4, -0.2) is 303 Å². The normalized spacial score (nSPS) is 25.3. The Balaban J connectivity index is 1.02. The van der Waals surface area contributed by atoms with Crippen LogP contribution in [0.3, 0.4) is 0 Å². The number of phenolic OH excluding ortho intramolecular Hbond substituents is 1. The number of carbonyl (C=O) groups excluding carboxylic acids is 17. The molecule has 15 atom stereocenters. The Morgan fingerprint density at radius 2 is 1.10 bits per heavy atom. The summed E-state index contributed by atoms with van der Waals surface area (Å²) in [5.41, 5.74) is 19.9. The van der Waals surface area contributed by atoms with Crippen LogP contribution >= 0.6 is 0 Å². The van der Waals surface area contributed by atoms with E-state index in [0.717, 1.165) is 14.7 Å². The number of primary amides is 3. The van der Waals surface area contributed by atoms with Crippen LogP contribution in [0.4, 0.5) is 0 Å². The number of aliphatic carboxylic acids is 1. The number of unbranched alkanes of at least 4 members (excludes halogenated alkanes) is 2. The third-order valence-electron chi connectivity index (χ3n) is 24.9. The zero-order valence-corrected chi connectivity index (χ0v) is 76.9. The molecule has 3 aromatic carbocycles. The van der Waals surface area contributed by atoms with Gasteiger partial charge in [-0.3, -0.25) is 86.3 Å². The first-order chi connectivity index (χ1) is 64.3. The minimum absolute atomic E-state index is 0.00207. The summed E-state index contributed by atoms with van der Waals surface area (Å²) < 4.78 is 1.44. The molecule has 10 rings (SSSR count). The van der Waals surface area contributed by atoms with Crippen molar-refractivity contribution in [2.45, 2.75) is 260 Å². The minimum Gasteiger partial charge on any atom is -0.508 e. The molecule has 4 fully saturated rings. The van der Waals surface area contributed by atoms with Gasteiger partial charge in [-0.1, -0.05) is 102 Å². The van der Waals surface area contributed by atoms with Crippen molar-refractivity contribution in [1.82, 2.24) is 97.2 Å². The van der Waals surface area contributed by atoms with Gasteiger partial charge in [0.15, 0.2) is 0 Å². The molecule has 4 aliphatic heterocycles. The van der Waals surface area contributed by atoms with Crippen LogP contribution in [0.5, 0.6) is 5.75 Å². The van der Waals surface area contributed by atoms with Crippen molar-refractivity contribution in [3.8, 4) is 5.75 Å². The molecule has 17 amide bonds. The highest BCUT2D eigenvalue weighted by Gasteiger charge is 2.47. The van der Waals surface area contributed by atoms with E-state index >= 15 is 47.9 Å². The van der Waals surface area contributed by atoms with E-state index in [1.807, 2.05) is 13.8 Å². The lowest BCUT2D eigenvalue weighted by Crippen LogP contribution is -2.62. The molecule has 0 spiro atoms. The summed E-state index contributed by atoms with van der Waals surface area (Å²) in [5, 5.41) is 59.9. The maximum atomic E-state index is 15.8. The molecule has 0 saturated carbocycles. The van der Waals surface area contributed by atoms with Crippen molar-refractivity contribution >= 4 is 128 Å². The molecule has 43 heteroatoms. The number of aliphatic hydroxyl groups is 1. The molecule has 6 aromatic rings. The van der Waals surface area contributed by atoms with Gasteiger partial charge < -0.3 is 125 Å². The number of likely N-dealkylation sites (N-methyl/N-ethyl adjacent to an activating group) is 2. The fourth-order valence-electron chi connectivity index (χ4n) is 17.8. The zero-order valence-electron chi connectivity index (χ0n) is 76.9. The third-order valence-corrected chi connectivity index (χ3v) is 24.9. The summed E-state index contributed by atoms with van der Waals surface area (Å²) in [7, 11) is 2.71. The Hall–Kier alpha value is -13.9. The highest BCUT2D eigenvalue weighted by molar-refractivity contribution is 6.03. The maximum Gasteiger partial charge on any atom is 0.323 e. The van der Waals surface area contributed by atoms with E-state index in [4.69, 9.17) is 17.2 Å². The average Bonchev–Trinajstić information content (AvgIpc) is 1.63. The number of rotatable bonds is 24. The number of para-hydroxylation sites is 2. The lowest BCUT2D eigenvalue weighted by atomic mass is 9.97. The maximum absolute atomic E-state index is 15.8. The van der Waals surface area contributed by atoms with Gasteiger partial charge in [-0.25, -0.2) is 4.98 Å². The SMILES string of the molecule is CCCC[C@H]1C(=O)N(C)[C@@H](CCCC)C(=O)N[C@@H](CC(C)C)C(=O)N[C@H](C(N)=O)CNCC(=O)N[C@@H](Cc2ccc(O)cc2)C(=O)N2CCCC[C@H]2C(=O)N[C@@H](CC(N)=O)C(=O)N2CCCC2C(=O)N[C@@H](Cc2c[nH]cn2)C(=O)N[C@@H](CCC(N)=O)C(=O)N2C[C@H](O)C[C@H]2C(=O)N[C@@H](Cc2c[nH]c3ccccc23)C(=O)N[C@@H](C)C(=O)N[C@@H](Cc2cn(CC(=O)O)c3ccccc23)C(=O)N1C. The number of nitrogens with one attached hydrogen (secondary N) is 12. The Labute approximate surface area is 779 Å². The number of hydrogen-bond acceptors (Lipinski definition) is 22. The number of carboxylic acid groups (broad SMARTS) is 1. The Morgan fingerprint density at radius 3 is 1.74 bits per heavy atom. The lowest BCUT2D eigenvalue weighted by molar-refractivity contribution is -0.149. The van der Waals surface area contributed by atoms with E-state index in [1.165, 1.54) is 78.4 Å². The van der Waals surface area contributed by atoms with Gasteiger partial charge in [0.05, 0.1) is 31.1 Å². The number of nitrogens with zero attached hydrogens (tertiary/aromatic N) is 7. The van der Waals surface area contributed by atoms with E-state index in [2.05, 4.69) is 68.1 Å². The number of amides is 17. The average molecular weight is 1880 g/mol. The highest BCUT2D eigenvalue weighted by Crippen LogP contribution is 2.30. The van der Waals surface area contributed by atoms with Crippen LogP contribution < -0.4 is 70.4 Å². The summed E-state index contributed by atoms with van der Waals surface area (Å²) in [4.78, 5) is 279. The molecule has 0 aliphatic carbocycles. The van der Waals surface area contributed by atoms with E-state index in [0.29, 0.717) is 77.0 Å². The number of carbonyl (C=O) groups is 18. The molecule has 21 N–H and O–H groups in total. The predicted molar refractivity (Wildman–Crippen MR) is 489 cm³/mol. The van der Waals surface area contributed by atoms with Crippen molar-refractivity contribution in [3.63, 3.8) is 0 Å². The Morgan fingerprint density at radius 1 is 0.533 bits per heavy atom. The molecule has 3 aromatic heterocycles. The molecule has 4 saturated heterocycles. The smallest absolute Gasteiger partial charge is 0.323 e. The van der Waals surface area contributed by atoms with Crippen molar-refractivity contribution in [2.24, 2.45) is 23.1 Å². The quantitative estimate of drug-likeness (QED) is 0.0310. The number of imidazole rings is 1. The van der Waals surface area contributed by atoms with Crippen molar-refractivity contribution < 1.29 is 102 Å².